The molecule has 0 saturated carbocycles. The van der Waals surface area contributed by atoms with Crippen molar-refractivity contribution in [1.29, 1.82) is 0 Å². The first-order chi connectivity index (χ1) is 17.3. The van der Waals surface area contributed by atoms with Crippen LogP contribution in [0.1, 0.15) is 64.0 Å². The van der Waals surface area contributed by atoms with Gasteiger partial charge in [0.05, 0.1) is 29.9 Å². The monoisotopic (exact) mass is 650 g/mol. The van der Waals surface area contributed by atoms with Crippen molar-refractivity contribution in [2.75, 3.05) is 0 Å². The summed E-state index contributed by atoms with van der Waals surface area (Å²) in [6.07, 6.45) is -7.01. The topological polar surface area (TPSA) is 29.5 Å². The molecule has 2 aliphatic rings. The summed E-state index contributed by atoms with van der Waals surface area (Å²) in [7, 11) is 0. The summed E-state index contributed by atoms with van der Waals surface area (Å²) in [6, 6.07) is 13.2. The zero-order valence-corrected chi connectivity index (χ0v) is 22.4. The first kappa shape index (κ1) is 28.1. The first-order valence-corrected chi connectivity index (χ1v) is 13.0. The van der Waals surface area contributed by atoms with Crippen LogP contribution in [-0.4, -0.2) is 5.11 Å². The van der Waals surface area contributed by atoms with Crippen molar-refractivity contribution in [3.63, 3.8) is 0 Å². The quantitative estimate of drug-likeness (QED) is 0.286. The van der Waals surface area contributed by atoms with Gasteiger partial charge in [0.25, 0.3) is 0 Å². The maximum absolute atomic E-state index is 12.9. The lowest BCUT2D eigenvalue weighted by Gasteiger charge is -2.17. The average molecular weight is 652 g/mol. The van der Waals surface area contributed by atoms with Crippen LogP contribution in [-0.2, 0) is 36.5 Å². The zero-order chi connectivity index (χ0) is 27.0. The number of ether oxygens (including phenoxy) is 1. The lowest BCUT2D eigenvalue weighted by Crippen LogP contribution is -2.12. The Morgan fingerprint density at radius 3 is 1.81 bits per heavy atom. The lowest BCUT2D eigenvalue weighted by molar-refractivity contribution is -0.143. The Morgan fingerprint density at radius 2 is 1.24 bits per heavy atom. The standard InChI is InChI=1S/C18H13BrF6O.C9H9BrO/c19-14-2-3-15-11(7-14)1-4-16(15)26-9-10-5-12(17(20,21)22)8-13(6-10)18(23,24)25;10-7-2-3-8-6(5-7)1-4-9(8)11/h2-3,5-8,16H,1,4,9H2;2-3,5,9,11H,1,4H2. The molecule has 5 rings (SSSR count). The molecule has 0 spiro atoms. The molecule has 0 amide bonds. The average Bonchev–Trinajstić information content (AvgIpc) is 3.39. The van der Waals surface area contributed by atoms with Gasteiger partial charge in [-0.05, 0) is 96.0 Å². The normalized spacial score (nSPS) is 18.7. The van der Waals surface area contributed by atoms with E-state index in [9.17, 15) is 31.4 Å². The molecule has 2 atom stereocenters. The molecule has 0 aliphatic heterocycles. The fourth-order valence-electron chi connectivity index (χ4n) is 4.58. The molecule has 1 N–H and O–H groups in total. The Bertz CT molecular complexity index is 1240. The number of halogens is 8. The molecule has 2 nitrogen and oxygen atoms in total. The van der Waals surface area contributed by atoms with Gasteiger partial charge in [-0.3, -0.25) is 0 Å². The molecule has 3 aromatic carbocycles. The minimum absolute atomic E-state index is 0.117. The van der Waals surface area contributed by atoms with Gasteiger partial charge in [-0.15, -0.1) is 0 Å². The van der Waals surface area contributed by atoms with Crippen molar-refractivity contribution in [3.8, 4) is 0 Å². The SMILES string of the molecule is FC(F)(F)c1cc(COC2CCc3cc(Br)ccc32)cc(C(F)(F)F)c1.OC1CCc2cc(Br)ccc21. The summed E-state index contributed by atoms with van der Waals surface area (Å²) in [4.78, 5) is 0. The highest BCUT2D eigenvalue weighted by Crippen LogP contribution is 2.39. The summed E-state index contributed by atoms with van der Waals surface area (Å²) in [5.74, 6) is 0. The maximum atomic E-state index is 12.9. The van der Waals surface area contributed by atoms with E-state index in [4.69, 9.17) is 4.74 Å². The molecule has 10 heteroatoms. The second-order valence-electron chi connectivity index (χ2n) is 8.99. The van der Waals surface area contributed by atoms with Gasteiger partial charge < -0.3 is 9.84 Å². The molecular formula is C27H22Br2F6O2. The van der Waals surface area contributed by atoms with Crippen LogP contribution in [0.3, 0.4) is 0 Å². The minimum Gasteiger partial charge on any atom is -0.388 e. The highest BCUT2D eigenvalue weighted by molar-refractivity contribution is 9.10. The lowest BCUT2D eigenvalue weighted by atomic mass is 10.0. The Kier molecular flexibility index (Phi) is 8.43. The van der Waals surface area contributed by atoms with E-state index in [2.05, 4.69) is 37.9 Å². The Balaban J connectivity index is 0.000000241. The number of aryl methyl sites for hydroxylation is 2. The molecular weight excluding hydrogens is 630 g/mol. The van der Waals surface area contributed by atoms with Gasteiger partial charge >= 0.3 is 12.4 Å². The largest absolute Gasteiger partial charge is 0.416 e. The molecule has 0 aromatic heterocycles. The van der Waals surface area contributed by atoms with Crippen LogP contribution in [0.4, 0.5) is 26.3 Å². The zero-order valence-electron chi connectivity index (χ0n) is 19.3. The Labute approximate surface area is 226 Å². The Morgan fingerprint density at radius 1 is 0.730 bits per heavy atom. The molecule has 3 aromatic rings. The molecule has 2 aliphatic carbocycles. The van der Waals surface area contributed by atoms with Crippen LogP contribution in [0.15, 0.2) is 63.5 Å². The molecule has 0 heterocycles. The van der Waals surface area contributed by atoms with E-state index in [1.807, 2.05) is 30.3 Å². The van der Waals surface area contributed by atoms with Crippen LogP contribution in [0.25, 0.3) is 0 Å². The van der Waals surface area contributed by atoms with E-state index in [1.165, 1.54) is 5.56 Å². The second kappa shape index (κ2) is 11.1. The Hall–Kier alpha value is -1.88. The van der Waals surface area contributed by atoms with E-state index in [0.717, 1.165) is 44.9 Å². The number of hydrogen-bond donors (Lipinski definition) is 1. The second-order valence-corrected chi connectivity index (χ2v) is 10.8. The van der Waals surface area contributed by atoms with Gasteiger partial charge in [-0.1, -0.05) is 44.0 Å². The number of alkyl halides is 6. The van der Waals surface area contributed by atoms with E-state index in [0.29, 0.717) is 18.6 Å². The van der Waals surface area contributed by atoms with Gasteiger partial charge in [0.1, 0.15) is 0 Å². The van der Waals surface area contributed by atoms with Crippen LogP contribution >= 0.6 is 31.9 Å². The van der Waals surface area contributed by atoms with E-state index >= 15 is 0 Å². The fourth-order valence-corrected chi connectivity index (χ4v) is 5.40. The number of rotatable bonds is 3. The summed E-state index contributed by atoms with van der Waals surface area (Å²) >= 11 is 6.76. The molecule has 198 valence electrons. The number of aliphatic hydroxyl groups is 1. The smallest absolute Gasteiger partial charge is 0.388 e. The first-order valence-electron chi connectivity index (χ1n) is 11.5. The third-order valence-corrected chi connectivity index (χ3v) is 7.36. The molecule has 0 radical (unpaired) electrons. The van der Waals surface area contributed by atoms with Crippen molar-refractivity contribution in [2.45, 2.75) is 56.9 Å². The van der Waals surface area contributed by atoms with Crippen molar-refractivity contribution >= 4 is 31.9 Å². The van der Waals surface area contributed by atoms with Crippen LogP contribution in [0.2, 0.25) is 0 Å². The predicted molar refractivity (Wildman–Crippen MR) is 134 cm³/mol. The van der Waals surface area contributed by atoms with E-state index in [1.54, 1.807) is 0 Å². The molecule has 0 saturated heterocycles. The van der Waals surface area contributed by atoms with E-state index in [-0.39, 0.29) is 30.4 Å². The third kappa shape index (κ3) is 6.96. The van der Waals surface area contributed by atoms with Crippen molar-refractivity contribution in [2.24, 2.45) is 0 Å². The van der Waals surface area contributed by atoms with Crippen molar-refractivity contribution in [1.82, 2.24) is 0 Å². The van der Waals surface area contributed by atoms with Gasteiger partial charge in [0.2, 0.25) is 0 Å². The predicted octanol–water partition coefficient (Wildman–Crippen LogP) is 9.12. The van der Waals surface area contributed by atoms with E-state index < -0.39 is 23.5 Å². The number of aliphatic hydroxyl groups excluding tert-OH is 1. The molecule has 0 bridgehead atoms. The summed E-state index contributed by atoms with van der Waals surface area (Å²) in [5.41, 5.74) is 1.54. The minimum atomic E-state index is -4.86. The van der Waals surface area contributed by atoms with Gasteiger partial charge in [-0.25, -0.2) is 0 Å². The summed E-state index contributed by atoms with van der Waals surface area (Å²) in [6.45, 7) is -0.326. The summed E-state index contributed by atoms with van der Waals surface area (Å²) < 4.78 is 85.0. The maximum Gasteiger partial charge on any atom is 0.416 e. The third-order valence-electron chi connectivity index (χ3n) is 6.38. The van der Waals surface area contributed by atoms with Crippen molar-refractivity contribution in [3.05, 3.63) is 102 Å². The summed E-state index contributed by atoms with van der Waals surface area (Å²) in [5, 5.41) is 9.46. The van der Waals surface area contributed by atoms with Gasteiger partial charge in [0, 0.05) is 8.95 Å². The molecule has 0 fully saturated rings. The highest BCUT2D eigenvalue weighted by atomic mass is 79.9. The van der Waals surface area contributed by atoms with Gasteiger partial charge in [0.15, 0.2) is 0 Å². The fraction of sp³-hybridized carbons (Fsp3) is 0.333. The van der Waals surface area contributed by atoms with Crippen LogP contribution < -0.4 is 0 Å². The molecule has 37 heavy (non-hydrogen) atoms. The number of benzene rings is 3. The number of hydrogen-bond acceptors (Lipinski definition) is 2. The number of fused-ring (bicyclic) bond motifs is 2. The van der Waals surface area contributed by atoms with Crippen LogP contribution in [0, 0.1) is 0 Å². The highest BCUT2D eigenvalue weighted by Gasteiger charge is 2.37. The molecule has 2 unspecified atom stereocenters. The van der Waals surface area contributed by atoms with Crippen molar-refractivity contribution < 1.29 is 36.2 Å². The van der Waals surface area contributed by atoms with Gasteiger partial charge in [-0.2, -0.15) is 26.3 Å². The van der Waals surface area contributed by atoms with Crippen LogP contribution in [0.5, 0.6) is 0 Å².